The molecule has 0 saturated heterocycles. The first-order chi connectivity index (χ1) is 8.94. The van der Waals surface area contributed by atoms with Gasteiger partial charge in [0.25, 0.3) is 0 Å². The van der Waals surface area contributed by atoms with Crippen molar-refractivity contribution in [3.8, 4) is 0 Å². The molecule has 0 unspecified atom stereocenters. The van der Waals surface area contributed by atoms with Gasteiger partial charge in [0, 0.05) is 13.1 Å². The normalized spacial score (nSPS) is 11.9. The van der Waals surface area contributed by atoms with Gasteiger partial charge >= 0.3 is 0 Å². The first-order valence-electron chi connectivity index (χ1n) is 5.64. The van der Waals surface area contributed by atoms with Gasteiger partial charge in [-0.3, -0.25) is 0 Å². The van der Waals surface area contributed by atoms with Crippen LogP contribution in [0.1, 0.15) is 6.42 Å². The topological polar surface area (TPSA) is 88.4 Å². The van der Waals surface area contributed by atoms with E-state index in [1.54, 1.807) is 0 Å². The zero-order valence-corrected chi connectivity index (χ0v) is 11.1. The Morgan fingerprint density at radius 3 is 2.89 bits per heavy atom. The van der Waals surface area contributed by atoms with Crippen LogP contribution in [-0.4, -0.2) is 42.4 Å². The van der Waals surface area contributed by atoms with Crippen molar-refractivity contribution in [2.75, 3.05) is 24.7 Å². The van der Waals surface area contributed by atoms with Crippen molar-refractivity contribution in [3.05, 3.63) is 24.1 Å². The monoisotopic (exact) mass is 287 g/mol. The standard InChI is InChI=1S/C10H14FN5O2S/c1-19(17,18)13-6-2-5-12-10-14-9-4-3-8(11)7-16(9)15-10/h3-4,7,13H,2,5-6H2,1H3,(H,12,15). The van der Waals surface area contributed by atoms with Crippen molar-refractivity contribution >= 4 is 21.6 Å². The Balaban J connectivity index is 1.85. The highest BCUT2D eigenvalue weighted by Crippen LogP contribution is 2.06. The zero-order chi connectivity index (χ0) is 13.9. The van der Waals surface area contributed by atoms with Gasteiger partial charge in [-0.25, -0.2) is 22.0 Å². The molecule has 104 valence electrons. The molecule has 19 heavy (non-hydrogen) atoms. The van der Waals surface area contributed by atoms with Gasteiger partial charge in [0.15, 0.2) is 5.65 Å². The lowest BCUT2D eigenvalue weighted by Gasteiger charge is -2.02. The van der Waals surface area contributed by atoms with Gasteiger partial charge in [-0.15, -0.1) is 5.10 Å². The quantitative estimate of drug-likeness (QED) is 0.742. The molecule has 9 heteroatoms. The van der Waals surface area contributed by atoms with Gasteiger partial charge in [-0.1, -0.05) is 0 Å². The minimum absolute atomic E-state index is 0.341. The summed E-state index contributed by atoms with van der Waals surface area (Å²) in [6.45, 7) is 0.857. The number of sulfonamides is 1. The largest absolute Gasteiger partial charge is 0.353 e. The molecule has 2 rings (SSSR count). The molecule has 0 aliphatic carbocycles. The summed E-state index contributed by atoms with van der Waals surface area (Å²) in [4.78, 5) is 4.14. The van der Waals surface area contributed by atoms with E-state index in [9.17, 15) is 12.8 Å². The van der Waals surface area contributed by atoms with E-state index in [2.05, 4.69) is 20.1 Å². The number of hydrogen-bond acceptors (Lipinski definition) is 5. The second-order valence-electron chi connectivity index (χ2n) is 4.03. The summed E-state index contributed by atoms with van der Waals surface area (Å²) in [6, 6.07) is 2.84. The van der Waals surface area contributed by atoms with E-state index in [1.807, 2.05) is 0 Å². The van der Waals surface area contributed by atoms with Gasteiger partial charge in [-0.05, 0) is 18.6 Å². The molecule has 0 fully saturated rings. The van der Waals surface area contributed by atoms with Crippen LogP contribution in [-0.2, 0) is 10.0 Å². The smallest absolute Gasteiger partial charge is 0.243 e. The van der Waals surface area contributed by atoms with Crippen molar-refractivity contribution in [1.29, 1.82) is 0 Å². The highest BCUT2D eigenvalue weighted by atomic mass is 32.2. The highest BCUT2D eigenvalue weighted by Gasteiger charge is 2.04. The van der Waals surface area contributed by atoms with E-state index < -0.39 is 10.0 Å². The molecule has 0 amide bonds. The molecule has 0 aromatic carbocycles. The number of fused-ring (bicyclic) bond motifs is 1. The summed E-state index contributed by atoms with van der Waals surface area (Å²) < 4.78 is 38.3. The lowest BCUT2D eigenvalue weighted by atomic mass is 10.4. The second-order valence-corrected chi connectivity index (χ2v) is 5.87. The number of nitrogens with zero attached hydrogens (tertiary/aromatic N) is 3. The third-order valence-electron chi connectivity index (χ3n) is 2.30. The van der Waals surface area contributed by atoms with Crippen LogP contribution in [0.5, 0.6) is 0 Å². The Kier molecular flexibility index (Phi) is 3.96. The van der Waals surface area contributed by atoms with Crippen LogP contribution in [0.2, 0.25) is 0 Å². The lowest BCUT2D eigenvalue weighted by Crippen LogP contribution is -2.24. The number of anilines is 1. The molecule has 0 atom stereocenters. The molecule has 7 nitrogen and oxygen atoms in total. The number of nitrogens with one attached hydrogen (secondary N) is 2. The van der Waals surface area contributed by atoms with E-state index in [4.69, 9.17) is 0 Å². The summed E-state index contributed by atoms with van der Waals surface area (Å²) in [7, 11) is -3.15. The molecule has 2 aromatic rings. The first-order valence-corrected chi connectivity index (χ1v) is 7.54. The van der Waals surface area contributed by atoms with Crippen LogP contribution in [0.4, 0.5) is 10.3 Å². The fourth-order valence-electron chi connectivity index (χ4n) is 1.48. The van der Waals surface area contributed by atoms with Crippen LogP contribution in [0, 0.1) is 5.82 Å². The zero-order valence-electron chi connectivity index (χ0n) is 10.3. The predicted octanol–water partition coefficient (Wildman–Crippen LogP) is 0.220. The Morgan fingerprint density at radius 2 is 2.16 bits per heavy atom. The molecule has 2 aromatic heterocycles. The van der Waals surface area contributed by atoms with Crippen molar-refractivity contribution in [3.63, 3.8) is 0 Å². The molecule has 0 bridgehead atoms. The van der Waals surface area contributed by atoms with E-state index >= 15 is 0 Å². The number of aromatic nitrogens is 3. The molecule has 2 heterocycles. The minimum Gasteiger partial charge on any atom is -0.353 e. The minimum atomic E-state index is -3.15. The van der Waals surface area contributed by atoms with Crippen LogP contribution in [0.15, 0.2) is 18.3 Å². The Bertz CT molecular complexity index is 670. The molecule has 0 radical (unpaired) electrons. The van der Waals surface area contributed by atoms with Crippen LogP contribution < -0.4 is 10.0 Å². The second kappa shape index (κ2) is 5.49. The summed E-state index contributed by atoms with van der Waals surface area (Å²) in [5, 5.41) is 6.98. The third kappa shape index (κ3) is 4.14. The van der Waals surface area contributed by atoms with Crippen molar-refractivity contribution < 1.29 is 12.8 Å². The Morgan fingerprint density at radius 1 is 1.37 bits per heavy atom. The van der Waals surface area contributed by atoms with Gasteiger partial charge in [-0.2, -0.15) is 4.98 Å². The average molecular weight is 287 g/mol. The summed E-state index contributed by atoms with van der Waals surface area (Å²) in [6.07, 6.45) is 2.94. The molecule has 0 saturated carbocycles. The fourth-order valence-corrected chi connectivity index (χ4v) is 1.99. The molecular weight excluding hydrogens is 273 g/mol. The predicted molar refractivity (Wildman–Crippen MR) is 68.9 cm³/mol. The lowest BCUT2D eigenvalue weighted by molar-refractivity contribution is 0.586. The molecule has 0 aliphatic rings. The SMILES string of the molecule is CS(=O)(=O)NCCCNc1nc2ccc(F)cn2n1. The number of rotatable bonds is 6. The third-order valence-corrected chi connectivity index (χ3v) is 3.02. The van der Waals surface area contributed by atoms with Gasteiger partial charge in [0.1, 0.15) is 5.82 Å². The van der Waals surface area contributed by atoms with Crippen molar-refractivity contribution in [1.82, 2.24) is 19.3 Å². The Hall–Kier alpha value is -1.74. The van der Waals surface area contributed by atoms with Gasteiger partial charge < -0.3 is 5.32 Å². The average Bonchev–Trinajstić information content (AvgIpc) is 2.68. The Labute approximate surface area is 109 Å². The maximum absolute atomic E-state index is 12.9. The fraction of sp³-hybridized carbons (Fsp3) is 0.400. The van der Waals surface area contributed by atoms with E-state index in [0.717, 1.165) is 6.26 Å². The molecule has 2 N–H and O–H groups in total. The summed E-state index contributed by atoms with van der Waals surface area (Å²) in [5.41, 5.74) is 0.540. The van der Waals surface area contributed by atoms with Crippen LogP contribution in [0.3, 0.4) is 0 Å². The van der Waals surface area contributed by atoms with Crippen molar-refractivity contribution in [2.45, 2.75) is 6.42 Å². The summed E-state index contributed by atoms with van der Waals surface area (Å²) >= 11 is 0. The summed E-state index contributed by atoms with van der Waals surface area (Å²) in [5.74, 6) is -0.00809. The number of hydrogen-bond donors (Lipinski definition) is 2. The van der Waals surface area contributed by atoms with Gasteiger partial charge in [0.05, 0.1) is 12.5 Å². The van der Waals surface area contributed by atoms with Crippen LogP contribution in [0.25, 0.3) is 5.65 Å². The number of pyridine rings is 1. The van der Waals surface area contributed by atoms with E-state index in [-0.39, 0.29) is 5.82 Å². The highest BCUT2D eigenvalue weighted by molar-refractivity contribution is 7.88. The van der Waals surface area contributed by atoms with E-state index in [1.165, 1.54) is 22.8 Å². The maximum Gasteiger partial charge on any atom is 0.243 e. The maximum atomic E-state index is 12.9. The molecule has 0 spiro atoms. The van der Waals surface area contributed by atoms with Crippen molar-refractivity contribution in [2.24, 2.45) is 0 Å². The molecule has 0 aliphatic heterocycles. The van der Waals surface area contributed by atoms with Crippen LogP contribution >= 0.6 is 0 Å². The number of halogens is 1. The first kappa shape index (κ1) is 13.7. The van der Waals surface area contributed by atoms with Gasteiger partial charge in [0.2, 0.25) is 16.0 Å². The molecular formula is C10H14FN5O2S. The van der Waals surface area contributed by atoms with E-state index in [0.29, 0.717) is 31.1 Å².